The van der Waals surface area contributed by atoms with Crippen LogP contribution in [0.5, 0.6) is 0 Å². The highest BCUT2D eigenvalue weighted by atomic mass is 16.6. The summed E-state index contributed by atoms with van der Waals surface area (Å²) in [5.41, 5.74) is 8.08. The van der Waals surface area contributed by atoms with Gasteiger partial charge in [-0.3, -0.25) is 0 Å². The van der Waals surface area contributed by atoms with Crippen LogP contribution in [0.3, 0.4) is 0 Å². The van der Waals surface area contributed by atoms with Crippen molar-refractivity contribution < 1.29 is 9.94 Å². The first-order valence-corrected chi connectivity index (χ1v) is 4.88. The van der Waals surface area contributed by atoms with Gasteiger partial charge in [0.2, 0.25) is 0 Å². The van der Waals surface area contributed by atoms with Crippen LogP contribution >= 0.6 is 0 Å². The predicted octanol–water partition coefficient (Wildman–Crippen LogP) is 1.39. The quantitative estimate of drug-likeness (QED) is 0.332. The van der Waals surface area contributed by atoms with Gasteiger partial charge in [-0.15, -0.1) is 0 Å². The maximum atomic E-state index is 8.54. The largest absolute Gasteiger partial charge is 0.398 e. The monoisotopic (exact) mass is 208 g/mol. The molecular formula is C11H16N2O2. The lowest BCUT2D eigenvalue weighted by molar-refractivity contribution is 0.124. The normalized spacial score (nSPS) is 11.5. The molecule has 0 heterocycles. The van der Waals surface area contributed by atoms with Crippen LogP contribution in [0.15, 0.2) is 29.4 Å². The molecule has 3 N–H and O–H groups in total. The Balaban J connectivity index is 2.60. The van der Waals surface area contributed by atoms with Crippen molar-refractivity contribution in [2.75, 3.05) is 18.9 Å². The number of nitrogens with zero attached hydrogens (tertiary/aromatic N) is 1. The fourth-order valence-corrected chi connectivity index (χ4v) is 1.15. The van der Waals surface area contributed by atoms with Gasteiger partial charge in [0.25, 0.3) is 0 Å². The van der Waals surface area contributed by atoms with Crippen molar-refractivity contribution in [3.8, 4) is 0 Å². The second-order valence-electron chi connectivity index (χ2n) is 3.17. The van der Waals surface area contributed by atoms with Crippen LogP contribution < -0.4 is 5.73 Å². The van der Waals surface area contributed by atoms with E-state index in [-0.39, 0.29) is 6.61 Å². The molecule has 0 aliphatic heterocycles. The minimum absolute atomic E-state index is 0.113. The molecule has 0 saturated carbocycles. The Bertz CT molecular complexity index is 337. The minimum Gasteiger partial charge on any atom is -0.398 e. The molecule has 0 radical (unpaired) electrons. The number of anilines is 1. The molecule has 4 nitrogen and oxygen atoms in total. The van der Waals surface area contributed by atoms with E-state index in [9.17, 15) is 0 Å². The molecule has 82 valence electrons. The fraction of sp³-hybridized carbons (Fsp3) is 0.364. The van der Waals surface area contributed by atoms with Gasteiger partial charge < -0.3 is 15.7 Å². The molecule has 0 spiro atoms. The van der Waals surface area contributed by atoms with E-state index >= 15 is 0 Å². The van der Waals surface area contributed by atoms with Crippen molar-refractivity contribution in [2.45, 2.75) is 13.3 Å². The van der Waals surface area contributed by atoms with Gasteiger partial charge >= 0.3 is 0 Å². The molecule has 0 aromatic heterocycles. The zero-order valence-electron chi connectivity index (χ0n) is 8.81. The molecule has 0 bridgehead atoms. The van der Waals surface area contributed by atoms with Gasteiger partial charge in [0.05, 0.1) is 5.71 Å². The molecule has 0 saturated heterocycles. The number of nitrogen functional groups attached to an aromatic ring is 1. The van der Waals surface area contributed by atoms with E-state index in [1.807, 2.05) is 31.2 Å². The average Bonchev–Trinajstić information content (AvgIpc) is 2.25. The van der Waals surface area contributed by atoms with E-state index in [1.165, 1.54) is 0 Å². The Labute approximate surface area is 89.4 Å². The smallest absolute Gasteiger partial charge is 0.119 e. The van der Waals surface area contributed by atoms with Crippen LogP contribution in [-0.2, 0) is 4.84 Å². The Morgan fingerprint density at radius 3 is 2.87 bits per heavy atom. The van der Waals surface area contributed by atoms with Gasteiger partial charge in [0.1, 0.15) is 6.61 Å². The Morgan fingerprint density at radius 1 is 1.47 bits per heavy atom. The molecule has 1 aromatic rings. The molecular weight excluding hydrogens is 192 g/mol. The van der Waals surface area contributed by atoms with E-state index < -0.39 is 0 Å². The molecule has 1 aromatic carbocycles. The molecule has 15 heavy (non-hydrogen) atoms. The van der Waals surface area contributed by atoms with Crippen LogP contribution in [0.4, 0.5) is 5.69 Å². The first kappa shape index (κ1) is 11.5. The molecule has 0 fully saturated rings. The van der Waals surface area contributed by atoms with Crippen molar-refractivity contribution >= 4 is 11.4 Å². The molecule has 0 aliphatic rings. The summed E-state index contributed by atoms with van der Waals surface area (Å²) in [5.74, 6) is 0. The Kier molecular flexibility index (Phi) is 4.63. The number of oxime groups is 1. The number of hydrogen-bond donors (Lipinski definition) is 2. The summed E-state index contributed by atoms with van der Waals surface area (Å²) in [6.07, 6.45) is 0.584. The number of rotatable bonds is 5. The lowest BCUT2D eigenvalue weighted by Gasteiger charge is -2.04. The number of hydrogen-bond acceptors (Lipinski definition) is 4. The molecule has 0 amide bonds. The van der Waals surface area contributed by atoms with Crippen LogP contribution in [0.1, 0.15) is 18.9 Å². The van der Waals surface area contributed by atoms with Crippen molar-refractivity contribution in [3.63, 3.8) is 0 Å². The number of nitrogens with two attached hydrogens (primary N) is 1. The van der Waals surface area contributed by atoms with Crippen molar-refractivity contribution in [1.29, 1.82) is 0 Å². The maximum Gasteiger partial charge on any atom is 0.119 e. The van der Waals surface area contributed by atoms with Crippen LogP contribution in [-0.4, -0.2) is 24.0 Å². The third-order valence-electron chi connectivity index (χ3n) is 1.95. The average molecular weight is 208 g/mol. The summed E-state index contributed by atoms with van der Waals surface area (Å²) in [7, 11) is 0. The van der Waals surface area contributed by atoms with Crippen LogP contribution in [0.25, 0.3) is 0 Å². The van der Waals surface area contributed by atoms with Gasteiger partial charge in [-0.05, 0) is 13.0 Å². The summed E-state index contributed by atoms with van der Waals surface area (Å²) in [6.45, 7) is 2.37. The highest BCUT2D eigenvalue weighted by Crippen LogP contribution is 2.11. The number of aliphatic hydroxyl groups excluding tert-OH is 1. The molecule has 1 rings (SSSR count). The van der Waals surface area contributed by atoms with Crippen LogP contribution in [0.2, 0.25) is 0 Å². The summed E-state index contributed by atoms with van der Waals surface area (Å²) in [5, 5.41) is 12.5. The lowest BCUT2D eigenvalue weighted by Crippen LogP contribution is -2.02. The van der Waals surface area contributed by atoms with Gasteiger partial charge in [0, 0.05) is 24.3 Å². The van der Waals surface area contributed by atoms with E-state index in [0.717, 1.165) is 11.3 Å². The zero-order valence-corrected chi connectivity index (χ0v) is 8.81. The van der Waals surface area contributed by atoms with E-state index in [4.69, 9.17) is 15.7 Å². The predicted molar refractivity (Wildman–Crippen MR) is 60.7 cm³/mol. The lowest BCUT2D eigenvalue weighted by atomic mass is 10.1. The second-order valence-corrected chi connectivity index (χ2v) is 3.17. The topological polar surface area (TPSA) is 67.8 Å². The Hall–Kier alpha value is -1.55. The minimum atomic E-state index is 0.113. The van der Waals surface area contributed by atoms with Gasteiger partial charge in [0.15, 0.2) is 0 Å². The number of benzene rings is 1. The fourth-order valence-electron chi connectivity index (χ4n) is 1.15. The van der Waals surface area contributed by atoms with Crippen molar-refractivity contribution in [3.05, 3.63) is 29.8 Å². The zero-order chi connectivity index (χ0) is 11.1. The molecule has 0 atom stereocenters. The summed E-state index contributed by atoms with van der Waals surface area (Å²) >= 11 is 0. The molecule has 0 aliphatic carbocycles. The summed E-state index contributed by atoms with van der Waals surface area (Å²) in [4.78, 5) is 5.02. The third kappa shape index (κ3) is 3.59. The second kappa shape index (κ2) is 6.03. The van der Waals surface area contributed by atoms with E-state index in [1.54, 1.807) is 0 Å². The molecule has 0 unspecified atom stereocenters. The highest BCUT2D eigenvalue weighted by molar-refractivity contribution is 6.02. The summed E-state index contributed by atoms with van der Waals surface area (Å²) < 4.78 is 0. The molecule has 4 heteroatoms. The van der Waals surface area contributed by atoms with Crippen molar-refractivity contribution in [2.24, 2.45) is 5.16 Å². The maximum absolute atomic E-state index is 8.54. The Morgan fingerprint density at radius 2 is 2.20 bits per heavy atom. The standard InChI is InChI=1S/C11H16N2O2/c1-9(13-15-8-4-7-14)10-5-2-3-6-11(10)12/h2-3,5-6,14H,4,7-8,12H2,1H3/b13-9-. The van der Waals surface area contributed by atoms with Gasteiger partial charge in [-0.2, -0.15) is 0 Å². The highest BCUT2D eigenvalue weighted by Gasteiger charge is 2.01. The SMILES string of the molecule is C/C(=N/OCCCO)c1ccccc1N. The first-order valence-electron chi connectivity index (χ1n) is 4.88. The van der Waals surface area contributed by atoms with Crippen molar-refractivity contribution in [1.82, 2.24) is 0 Å². The van der Waals surface area contributed by atoms with Gasteiger partial charge in [-0.25, -0.2) is 0 Å². The number of aliphatic hydroxyl groups is 1. The van der Waals surface area contributed by atoms with Gasteiger partial charge in [-0.1, -0.05) is 23.4 Å². The van der Waals surface area contributed by atoms with E-state index in [0.29, 0.717) is 18.7 Å². The van der Waals surface area contributed by atoms with E-state index in [2.05, 4.69) is 5.16 Å². The van der Waals surface area contributed by atoms with Crippen LogP contribution in [0, 0.1) is 0 Å². The summed E-state index contributed by atoms with van der Waals surface area (Å²) in [6, 6.07) is 7.49. The third-order valence-corrected chi connectivity index (χ3v) is 1.95. The number of para-hydroxylation sites is 1. The first-order chi connectivity index (χ1) is 7.25.